The highest BCUT2D eigenvalue weighted by molar-refractivity contribution is 7.79. The third kappa shape index (κ3) is 3.53. The van der Waals surface area contributed by atoms with E-state index in [4.69, 9.17) is 9.47 Å². The van der Waals surface area contributed by atoms with E-state index in [0.29, 0.717) is 11.5 Å². The van der Waals surface area contributed by atoms with Gasteiger partial charge in [0.2, 0.25) is 0 Å². The lowest BCUT2D eigenvalue weighted by atomic mass is 10.3. The molecule has 0 aliphatic carbocycles. The van der Waals surface area contributed by atoms with Crippen molar-refractivity contribution in [2.75, 3.05) is 6.61 Å². The van der Waals surface area contributed by atoms with Crippen LogP contribution in [0.3, 0.4) is 0 Å². The molecule has 0 fully saturated rings. The molecule has 3 nitrogen and oxygen atoms in total. The Kier molecular flexibility index (Phi) is 4.07. The van der Waals surface area contributed by atoms with Crippen molar-refractivity contribution in [3.05, 3.63) is 24.3 Å². The zero-order valence-corrected chi connectivity index (χ0v) is 8.47. The van der Waals surface area contributed by atoms with E-state index in [-0.39, 0.29) is 12.6 Å². The van der Waals surface area contributed by atoms with Gasteiger partial charge in [0.05, 0.1) is 5.37 Å². The highest BCUT2D eigenvalue weighted by Crippen LogP contribution is 2.17. The zero-order valence-electron chi connectivity index (χ0n) is 7.65. The Hall–Kier alpha value is -1.42. The summed E-state index contributed by atoms with van der Waals surface area (Å²) in [5.41, 5.74) is 0. The van der Waals surface area contributed by atoms with E-state index < -0.39 is 0 Å². The van der Waals surface area contributed by atoms with Gasteiger partial charge in [-0.3, -0.25) is 4.79 Å². The van der Waals surface area contributed by atoms with E-state index in [9.17, 15) is 4.79 Å². The minimum absolute atomic E-state index is 0.266. The average Bonchev–Trinajstić information content (AvgIpc) is 2.16. The number of hydrogen-bond acceptors (Lipinski definition) is 4. The van der Waals surface area contributed by atoms with E-state index >= 15 is 0 Å². The van der Waals surface area contributed by atoms with Gasteiger partial charge in [0.1, 0.15) is 18.1 Å². The summed E-state index contributed by atoms with van der Waals surface area (Å²) in [6.45, 7) is 1.62. The van der Waals surface area contributed by atoms with Gasteiger partial charge in [0.25, 0.3) is 0 Å². The molecule has 0 aliphatic heterocycles. The minimum Gasteiger partial charge on any atom is -0.488 e. The third-order valence-electron chi connectivity index (χ3n) is 1.38. The number of esters is 1. The van der Waals surface area contributed by atoms with E-state index in [1.54, 1.807) is 24.3 Å². The maximum Gasteiger partial charge on any atom is 0.308 e. The first kappa shape index (κ1) is 10.7. The fraction of sp³-hybridized carbons (Fsp3) is 0.200. The molecule has 0 saturated carbocycles. The number of hydrogen-bond donors (Lipinski definition) is 0. The molecule has 0 amide bonds. The van der Waals surface area contributed by atoms with E-state index in [1.165, 1.54) is 6.92 Å². The highest BCUT2D eigenvalue weighted by Gasteiger charge is 1.98. The summed E-state index contributed by atoms with van der Waals surface area (Å²) in [7, 11) is 0. The lowest BCUT2D eigenvalue weighted by Crippen LogP contribution is -2.01. The second-order valence-electron chi connectivity index (χ2n) is 2.50. The Labute approximate surface area is 87.6 Å². The Balaban J connectivity index is 2.58. The molecule has 1 radical (unpaired) electrons. The van der Waals surface area contributed by atoms with Gasteiger partial charge in [-0.15, -0.1) is 0 Å². The topological polar surface area (TPSA) is 35.5 Å². The Morgan fingerprint density at radius 3 is 2.43 bits per heavy atom. The lowest BCUT2D eigenvalue weighted by Gasteiger charge is -2.03. The van der Waals surface area contributed by atoms with Crippen molar-refractivity contribution in [1.82, 2.24) is 0 Å². The molecule has 73 valence electrons. The predicted molar refractivity (Wildman–Crippen MR) is 55.8 cm³/mol. The number of benzene rings is 1. The van der Waals surface area contributed by atoms with Crippen LogP contribution < -0.4 is 9.47 Å². The first-order valence-electron chi connectivity index (χ1n) is 3.98. The minimum atomic E-state index is -0.342. The first-order chi connectivity index (χ1) is 6.72. The molecule has 14 heavy (non-hydrogen) atoms. The molecular formula is C10H9O3S. The summed E-state index contributed by atoms with van der Waals surface area (Å²) in [6.07, 6.45) is 0. The zero-order chi connectivity index (χ0) is 10.4. The van der Waals surface area contributed by atoms with Crippen LogP contribution in [0.4, 0.5) is 0 Å². The van der Waals surface area contributed by atoms with Crippen molar-refractivity contribution in [2.24, 2.45) is 0 Å². The van der Waals surface area contributed by atoms with E-state index in [2.05, 4.69) is 17.6 Å². The van der Waals surface area contributed by atoms with Crippen LogP contribution in [0, 0.1) is 0 Å². The standard InChI is InChI=1S/C10H9O3S/c1-8(11)13-10-4-2-9(3-5-10)12-6-7-14/h2-5H,6H2,1H3. The van der Waals surface area contributed by atoms with Crippen molar-refractivity contribution in [3.8, 4) is 11.5 Å². The Morgan fingerprint density at radius 2 is 1.93 bits per heavy atom. The summed E-state index contributed by atoms with van der Waals surface area (Å²) in [4.78, 5) is 10.6. The van der Waals surface area contributed by atoms with Gasteiger partial charge in [-0.25, -0.2) is 0 Å². The molecule has 0 saturated heterocycles. The SMILES string of the molecule is CC(=O)Oc1ccc(OC[C]=S)cc1. The second kappa shape index (κ2) is 5.34. The summed E-state index contributed by atoms with van der Waals surface area (Å²) >= 11 is 4.49. The average molecular weight is 209 g/mol. The van der Waals surface area contributed by atoms with Crippen LogP contribution in [0.25, 0.3) is 0 Å². The molecule has 1 rings (SSSR count). The maximum atomic E-state index is 10.6. The van der Waals surface area contributed by atoms with E-state index in [1.807, 2.05) is 0 Å². The van der Waals surface area contributed by atoms with Gasteiger partial charge in [-0.05, 0) is 24.3 Å². The van der Waals surface area contributed by atoms with Crippen LogP contribution in [0.5, 0.6) is 11.5 Å². The molecule has 0 aromatic heterocycles. The van der Waals surface area contributed by atoms with Crippen LogP contribution in [0.2, 0.25) is 0 Å². The molecule has 0 bridgehead atoms. The van der Waals surface area contributed by atoms with Gasteiger partial charge < -0.3 is 9.47 Å². The smallest absolute Gasteiger partial charge is 0.308 e. The normalized spacial score (nSPS) is 9.21. The van der Waals surface area contributed by atoms with E-state index in [0.717, 1.165) is 0 Å². The molecular weight excluding hydrogens is 200 g/mol. The summed E-state index contributed by atoms with van der Waals surface area (Å²) in [5, 5.41) is 2.44. The van der Waals surface area contributed by atoms with Crippen LogP contribution in [0.15, 0.2) is 24.3 Å². The second-order valence-corrected chi connectivity index (χ2v) is 2.79. The van der Waals surface area contributed by atoms with Crippen LogP contribution in [-0.2, 0) is 4.79 Å². The molecule has 1 aromatic rings. The van der Waals surface area contributed by atoms with Gasteiger partial charge in [0.15, 0.2) is 0 Å². The molecule has 0 N–H and O–H groups in total. The Morgan fingerprint density at radius 1 is 1.36 bits per heavy atom. The van der Waals surface area contributed by atoms with Crippen LogP contribution in [0.1, 0.15) is 6.92 Å². The van der Waals surface area contributed by atoms with Crippen molar-refractivity contribution < 1.29 is 14.3 Å². The van der Waals surface area contributed by atoms with Gasteiger partial charge >= 0.3 is 5.97 Å². The number of carbonyl (C=O) groups is 1. The quantitative estimate of drug-likeness (QED) is 0.431. The molecule has 0 atom stereocenters. The van der Waals surface area contributed by atoms with Crippen molar-refractivity contribution in [1.29, 1.82) is 0 Å². The third-order valence-corrected chi connectivity index (χ3v) is 1.50. The molecule has 0 heterocycles. The largest absolute Gasteiger partial charge is 0.488 e. The van der Waals surface area contributed by atoms with Crippen molar-refractivity contribution in [3.63, 3.8) is 0 Å². The van der Waals surface area contributed by atoms with Gasteiger partial charge in [0, 0.05) is 6.92 Å². The number of ether oxygens (including phenoxy) is 2. The highest BCUT2D eigenvalue weighted by atomic mass is 32.1. The predicted octanol–water partition coefficient (Wildman–Crippen LogP) is 1.87. The number of carbonyl (C=O) groups excluding carboxylic acids is 1. The fourth-order valence-corrected chi connectivity index (χ4v) is 0.942. The van der Waals surface area contributed by atoms with Crippen molar-refractivity contribution in [2.45, 2.75) is 6.92 Å². The van der Waals surface area contributed by atoms with Crippen molar-refractivity contribution >= 4 is 23.6 Å². The molecule has 0 unspecified atom stereocenters. The number of rotatable bonds is 4. The lowest BCUT2D eigenvalue weighted by molar-refractivity contribution is -0.131. The maximum absolute atomic E-state index is 10.6. The Bertz CT molecular complexity index is 319. The summed E-state index contributed by atoms with van der Waals surface area (Å²) in [6, 6.07) is 6.70. The molecule has 1 aromatic carbocycles. The first-order valence-corrected chi connectivity index (χ1v) is 4.39. The molecule has 4 heteroatoms. The monoisotopic (exact) mass is 209 g/mol. The van der Waals surface area contributed by atoms with Crippen LogP contribution >= 0.6 is 12.2 Å². The summed E-state index contributed by atoms with van der Waals surface area (Å²) < 4.78 is 10.0. The molecule has 0 aliphatic rings. The fourth-order valence-electron chi connectivity index (χ4n) is 0.883. The van der Waals surface area contributed by atoms with Gasteiger partial charge in [-0.1, -0.05) is 12.2 Å². The number of thiocarbonyl (C=S) groups is 1. The van der Waals surface area contributed by atoms with Crippen LogP contribution in [-0.4, -0.2) is 17.9 Å². The molecule has 0 spiro atoms. The summed E-state index contributed by atoms with van der Waals surface area (Å²) in [5.74, 6) is 0.820. The van der Waals surface area contributed by atoms with Gasteiger partial charge in [-0.2, -0.15) is 0 Å².